The van der Waals surface area contributed by atoms with Crippen LogP contribution >= 0.6 is 0 Å². The molecule has 2 unspecified atom stereocenters. The average molecular weight is 242 g/mol. The minimum absolute atomic E-state index is 0.00844. The zero-order valence-electron chi connectivity index (χ0n) is 10.6. The van der Waals surface area contributed by atoms with Crippen molar-refractivity contribution in [1.29, 1.82) is 0 Å². The maximum Gasteiger partial charge on any atom is 0.308 e. The lowest BCUT2D eigenvalue weighted by Crippen LogP contribution is -2.41. The van der Waals surface area contributed by atoms with Crippen molar-refractivity contribution in [3.8, 4) is 0 Å². The maximum absolute atomic E-state index is 11.6. The monoisotopic (exact) mass is 242 g/mol. The van der Waals surface area contributed by atoms with Gasteiger partial charge < -0.3 is 15.4 Å². The number of hydrogen-bond donors (Lipinski definition) is 2. The van der Waals surface area contributed by atoms with Crippen LogP contribution in [0, 0.1) is 5.92 Å². The van der Waals surface area contributed by atoms with Crippen LogP contribution in [0.4, 0.5) is 0 Å². The van der Waals surface area contributed by atoms with Gasteiger partial charge in [-0.3, -0.25) is 9.59 Å². The molecular formula is C12H22N2O3. The summed E-state index contributed by atoms with van der Waals surface area (Å²) >= 11 is 0. The van der Waals surface area contributed by atoms with E-state index in [9.17, 15) is 9.59 Å². The van der Waals surface area contributed by atoms with Gasteiger partial charge in [-0.15, -0.1) is 0 Å². The molecule has 1 fully saturated rings. The fourth-order valence-electron chi connectivity index (χ4n) is 2.17. The van der Waals surface area contributed by atoms with Crippen LogP contribution in [0.15, 0.2) is 0 Å². The number of nitrogens with one attached hydrogen (secondary N) is 2. The summed E-state index contributed by atoms with van der Waals surface area (Å²) in [7, 11) is 1.62. The highest BCUT2D eigenvalue weighted by Gasteiger charge is 2.28. The summed E-state index contributed by atoms with van der Waals surface area (Å²) in [5.74, 6) is -0.131. The maximum atomic E-state index is 11.6. The van der Waals surface area contributed by atoms with E-state index < -0.39 is 0 Å². The number of likely N-dealkylation sites (N-methyl/N-ethyl adjacent to an activating group) is 1. The van der Waals surface area contributed by atoms with Crippen molar-refractivity contribution in [1.82, 2.24) is 10.6 Å². The first kappa shape index (κ1) is 14.0. The molecular weight excluding hydrogens is 220 g/mol. The standard InChI is InChI=1S/C12H22N2O3/c1-3-17-12(16)9-5-4-6-10(7-9)14-8-11(15)13-2/h9-10,14H,3-8H2,1-2H3,(H,13,15). The molecule has 0 saturated heterocycles. The van der Waals surface area contributed by atoms with E-state index in [0.29, 0.717) is 13.2 Å². The van der Waals surface area contributed by atoms with Crippen LogP contribution in [0.1, 0.15) is 32.6 Å². The number of ether oxygens (including phenoxy) is 1. The first-order valence-corrected chi connectivity index (χ1v) is 6.28. The summed E-state index contributed by atoms with van der Waals surface area (Å²) in [6, 6.07) is 0.246. The van der Waals surface area contributed by atoms with Gasteiger partial charge in [-0.2, -0.15) is 0 Å². The van der Waals surface area contributed by atoms with Crippen molar-refractivity contribution < 1.29 is 14.3 Å². The normalized spacial score (nSPS) is 24.1. The minimum atomic E-state index is -0.0982. The molecule has 2 atom stereocenters. The first-order valence-electron chi connectivity index (χ1n) is 6.28. The molecule has 2 N–H and O–H groups in total. The summed E-state index contributed by atoms with van der Waals surface area (Å²) in [5, 5.41) is 5.75. The predicted molar refractivity (Wildman–Crippen MR) is 64.4 cm³/mol. The lowest BCUT2D eigenvalue weighted by atomic mass is 9.86. The van der Waals surface area contributed by atoms with E-state index in [0.717, 1.165) is 25.7 Å². The van der Waals surface area contributed by atoms with Crippen molar-refractivity contribution in [2.45, 2.75) is 38.6 Å². The summed E-state index contributed by atoms with van der Waals surface area (Å²) in [5.41, 5.74) is 0. The quantitative estimate of drug-likeness (QED) is 0.687. The molecule has 0 aromatic heterocycles. The lowest BCUT2D eigenvalue weighted by Gasteiger charge is -2.28. The highest BCUT2D eigenvalue weighted by Crippen LogP contribution is 2.25. The Labute approximate surface area is 102 Å². The number of carbonyl (C=O) groups excluding carboxylic acids is 2. The Morgan fingerprint density at radius 1 is 1.35 bits per heavy atom. The van der Waals surface area contributed by atoms with E-state index in [1.807, 2.05) is 6.92 Å². The van der Waals surface area contributed by atoms with Gasteiger partial charge in [0.1, 0.15) is 0 Å². The Bertz CT molecular complexity index is 268. The molecule has 17 heavy (non-hydrogen) atoms. The van der Waals surface area contributed by atoms with E-state index in [4.69, 9.17) is 4.74 Å². The summed E-state index contributed by atoms with van der Waals surface area (Å²) in [6.45, 7) is 2.57. The van der Waals surface area contributed by atoms with E-state index in [2.05, 4.69) is 10.6 Å². The molecule has 0 bridgehead atoms. The Hall–Kier alpha value is -1.10. The van der Waals surface area contributed by atoms with Crippen LogP contribution in [0.5, 0.6) is 0 Å². The fraction of sp³-hybridized carbons (Fsp3) is 0.833. The van der Waals surface area contributed by atoms with Crippen molar-refractivity contribution in [3.05, 3.63) is 0 Å². The zero-order chi connectivity index (χ0) is 12.7. The number of esters is 1. The van der Waals surface area contributed by atoms with Crippen LogP contribution in [0.25, 0.3) is 0 Å². The van der Waals surface area contributed by atoms with Gasteiger partial charge in [-0.25, -0.2) is 0 Å². The molecule has 98 valence electrons. The predicted octanol–water partition coefficient (Wildman–Crippen LogP) is 0.444. The van der Waals surface area contributed by atoms with Crippen molar-refractivity contribution >= 4 is 11.9 Å². The number of amides is 1. The molecule has 1 aliphatic carbocycles. The Morgan fingerprint density at radius 3 is 2.76 bits per heavy atom. The van der Waals surface area contributed by atoms with E-state index in [1.165, 1.54) is 0 Å². The summed E-state index contributed by atoms with van der Waals surface area (Å²) < 4.78 is 5.03. The third-order valence-corrected chi connectivity index (χ3v) is 3.12. The highest BCUT2D eigenvalue weighted by molar-refractivity contribution is 5.77. The molecule has 1 aliphatic rings. The van der Waals surface area contributed by atoms with Gasteiger partial charge in [0.2, 0.25) is 5.91 Å². The molecule has 1 amide bonds. The van der Waals surface area contributed by atoms with Crippen LogP contribution in [-0.2, 0) is 14.3 Å². The summed E-state index contributed by atoms with van der Waals surface area (Å²) in [4.78, 5) is 22.7. The van der Waals surface area contributed by atoms with Gasteiger partial charge in [0.05, 0.1) is 19.1 Å². The van der Waals surface area contributed by atoms with E-state index in [1.54, 1.807) is 7.05 Å². The lowest BCUT2D eigenvalue weighted by molar-refractivity contribution is -0.149. The van der Waals surface area contributed by atoms with E-state index in [-0.39, 0.29) is 23.8 Å². The fourth-order valence-corrected chi connectivity index (χ4v) is 2.17. The molecule has 1 rings (SSSR count). The molecule has 0 heterocycles. The molecule has 0 radical (unpaired) electrons. The van der Waals surface area contributed by atoms with Crippen molar-refractivity contribution in [3.63, 3.8) is 0 Å². The van der Waals surface area contributed by atoms with Crippen molar-refractivity contribution in [2.24, 2.45) is 5.92 Å². The largest absolute Gasteiger partial charge is 0.466 e. The third-order valence-electron chi connectivity index (χ3n) is 3.12. The smallest absolute Gasteiger partial charge is 0.308 e. The Balaban J connectivity index is 2.33. The van der Waals surface area contributed by atoms with Crippen LogP contribution < -0.4 is 10.6 Å². The Morgan fingerprint density at radius 2 is 2.12 bits per heavy atom. The minimum Gasteiger partial charge on any atom is -0.466 e. The van der Waals surface area contributed by atoms with Gasteiger partial charge in [0.25, 0.3) is 0 Å². The highest BCUT2D eigenvalue weighted by atomic mass is 16.5. The number of rotatable bonds is 5. The summed E-state index contributed by atoms with van der Waals surface area (Å²) in [6.07, 6.45) is 3.70. The molecule has 1 saturated carbocycles. The third kappa shape index (κ3) is 4.73. The number of carbonyl (C=O) groups is 2. The zero-order valence-corrected chi connectivity index (χ0v) is 10.6. The first-order chi connectivity index (χ1) is 8.17. The van der Waals surface area contributed by atoms with E-state index >= 15 is 0 Å². The number of hydrogen-bond acceptors (Lipinski definition) is 4. The molecule has 0 aromatic carbocycles. The van der Waals surface area contributed by atoms with Crippen LogP contribution in [-0.4, -0.2) is 38.1 Å². The molecule has 5 nitrogen and oxygen atoms in total. The molecule has 0 aliphatic heterocycles. The van der Waals surface area contributed by atoms with Gasteiger partial charge in [-0.05, 0) is 26.2 Å². The molecule has 0 spiro atoms. The SMILES string of the molecule is CCOC(=O)C1CCCC(NCC(=O)NC)C1. The van der Waals surface area contributed by atoms with Crippen molar-refractivity contribution in [2.75, 3.05) is 20.2 Å². The van der Waals surface area contributed by atoms with Gasteiger partial charge >= 0.3 is 5.97 Å². The second kappa shape index (κ2) is 7.27. The van der Waals surface area contributed by atoms with Gasteiger partial charge in [0, 0.05) is 13.1 Å². The topological polar surface area (TPSA) is 67.4 Å². The van der Waals surface area contributed by atoms with Gasteiger partial charge in [0.15, 0.2) is 0 Å². The van der Waals surface area contributed by atoms with Crippen LogP contribution in [0.2, 0.25) is 0 Å². The molecule has 5 heteroatoms. The second-order valence-electron chi connectivity index (χ2n) is 4.37. The average Bonchev–Trinajstić information content (AvgIpc) is 2.36. The Kier molecular flexibility index (Phi) is 5.97. The molecule has 0 aromatic rings. The van der Waals surface area contributed by atoms with Gasteiger partial charge in [-0.1, -0.05) is 6.42 Å². The van der Waals surface area contributed by atoms with Crippen LogP contribution in [0.3, 0.4) is 0 Å². The second-order valence-corrected chi connectivity index (χ2v) is 4.37.